The molecule has 106 valence electrons. The molecule has 0 unspecified atom stereocenters. The first-order valence-electron chi connectivity index (χ1n) is 5.55. The van der Waals surface area contributed by atoms with Gasteiger partial charge in [0.15, 0.2) is 0 Å². The lowest BCUT2D eigenvalue weighted by atomic mass is 10.0. The molecule has 1 aromatic carbocycles. The number of benzene rings is 1. The van der Waals surface area contributed by atoms with Gasteiger partial charge in [-0.05, 0) is 24.1 Å². The lowest BCUT2D eigenvalue weighted by Gasteiger charge is -2.16. The molecule has 0 bridgehead atoms. The molecule has 19 heavy (non-hydrogen) atoms. The molecule has 0 saturated carbocycles. The average Bonchev–Trinajstić information content (AvgIpc) is 2.25. The predicted octanol–water partition coefficient (Wildman–Crippen LogP) is 3.39. The van der Waals surface area contributed by atoms with Gasteiger partial charge in [-0.25, -0.2) is 0 Å². The summed E-state index contributed by atoms with van der Waals surface area (Å²) in [4.78, 5) is 11.7. The maximum absolute atomic E-state index is 12.6. The normalized spacial score (nSPS) is 13.5. The number of rotatable bonds is 3. The van der Waals surface area contributed by atoms with E-state index in [9.17, 15) is 18.0 Å². The molecule has 1 amide bonds. The highest BCUT2D eigenvalue weighted by Gasteiger charge is 2.31. The van der Waals surface area contributed by atoms with Gasteiger partial charge in [0, 0.05) is 10.2 Å². The summed E-state index contributed by atoms with van der Waals surface area (Å²) in [6.07, 6.45) is -4.47. The number of hydrogen-bond donors (Lipinski definition) is 2. The van der Waals surface area contributed by atoms with Crippen LogP contribution < -0.4 is 11.1 Å². The van der Waals surface area contributed by atoms with Crippen molar-refractivity contribution in [3.05, 3.63) is 28.2 Å². The number of alkyl halides is 3. The summed E-state index contributed by atoms with van der Waals surface area (Å²) in [6.45, 7) is 3.51. The van der Waals surface area contributed by atoms with Crippen molar-refractivity contribution in [1.29, 1.82) is 0 Å². The molecule has 0 aliphatic carbocycles. The van der Waals surface area contributed by atoms with Crippen molar-refractivity contribution in [2.75, 3.05) is 5.32 Å². The van der Waals surface area contributed by atoms with Gasteiger partial charge < -0.3 is 11.1 Å². The summed E-state index contributed by atoms with van der Waals surface area (Å²) < 4.78 is 38.1. The number of carbonyl (C=O) groups excluding carboxylic acids is 1. The molecule has 0 spiro atoms. The number of amides is 1. The highest BCUT2D eigenvalue weighted by Crippen LogP contribution is 2.33. The third kappa shape index (κ3) is 4.50. The van der Waals surface area contributed by atoms with Crippen molar-refractivity contribution in [2.24, 2.45) is 11.7 Å². The molecule has 3 nitrogen and oxygen atoms in total. The Kier molecular flexibility index (Phi) is 4.98. The molecule has 1 atom stereocenters. The number of anilines is 1. The summed E-state index contributed by atoms with van der Waals surface area (Å²) in [6, 6.07) is 2.43. The molecule has 0 radical (unpaired) electrons. The number of carbonyl (C=O) groups is 1. The fraction of sp³-hybridized carbons (Fsp3) is 0.417. The zero-order valence-corrected chi connectivity index (χ0v) is 12.0. The molecule has 0 aliphatic rings. The monoisotopic (exact) mass is 338 g/mol. The zero-order chi connectivity index (χ0) is 14.8. The number of halogens is 4. The molecule has 1 rings (SSSR count). The zero-order valence-electron chi connectivity index (χ0n) is 10.4. The van der Waals surface area contributed by atoms with E-state index < -0.39 is 23.7 Å². The van der Waals surface area contributed by atoms with Crippen LogP contribution in [0.25, 0.3) is 0 Å². The van der Waals surface area contributed by atoms with Gasteiger partial charge in [0.05, 0.1) is 11.6 Å². The average molecular weight is 339 g/mol. The Morgan fingerprint density at radius 2 is 1.89 bits per heavy atom. The van der Waals surface area contributed by atoms with Crippen molar-refractivity contribution in [2.45, 2.75) is 26.1 Å². The molecular formula is C12H14BrF3N2O. The fourth-order valence-corrected chi connectivity index (χ4v) is 1.85. The van der Waals surface area contributed by atoms with Crippen molar-refractivity contribution in [3.8, 4) is 0 Å². The van der Waals surface area contributed by atoms with Gasteiger partial charge in [0.1, 0.15) is 0 Å². The topological polar surface area (TPSA) is 55.1 Å². The third-order valence-electron chi connectivity index (χ3n) is 2.51. The van der Waals surface area contributed by atoms with Crippen LogP contribution >= 0.6 is 15.9 Å². The first-order chi connectivity index (χ1) is 8.61. The lowest BCUT2D eigenvalue weighted by Crippen LogP contribution is -2.39. The smallest absolute Gasteiger partial charge is 0.325 e. The second-order valence-corrected chi connectivity index (χ2v) is 5.40. The van der Waals surface area contributed by atoms with Crippen LogP contribution in [-0.2, 0) is 11.0 Å². The predicted molar refractivity (Wildman–Crippen MR) is 70.6 cm³/mol. The van der Waals surface area contributed by atoms with E-state index in [1.165, 1.54) is 6.07 Å². The minimum absolute atomic E-state index is 0.0581. The van der Waals surface area contributed by atoms with Gasteiger partial charge in [-0.2, -0.15) is 13.2 Å². The summed E-state index contributed by atoms with van der Waals surface area (Å²) in [5.74, 6) is -0.615. The van der Waals surface area contributed by atoms with Crippen LogP contribution in [0.3, 0.4) is 0 Å². The quantitative estimate of drug-likeness (QED) is 0.887. The second kappa shape index (κ2) is 5.92. The van der Waals surface area contributed by atoms with Crippen LogP contribution in [0, 0.1) is 5.92 Å². The molecule has 1 aromatic rings. The number of nitrogens with two attached hydrogens (primary N) is 1. The Hall–Kier alpha value is -1.08. The van der Waals surface area contributed by atoms with E-state index in [1.54, 1.807) is 13.8 Å². The van der Waals surface area contributed by atoms with E-state index in [0.29, 0.717) is 0 Å². The highest BCUT2D eigenvalue weighted by atomic mass is 79.9. The Labute approximate surface area is 117 Å². The van der Waals surface area contributed by atoms with Crippen LogP contribution in [0.1, 0.15) is 19.4 Å². The van der Waals surface area contributed by atoms with E-state index in [-0.39, 0.29) is 16.1 Å². The van der Waals surface area contributed by atoms with Crippen molar-refractivity contribution in [1.82, 2.24) is 0 Å². The minimum atomic E-state index is -4.47. The van der Waals surface area contributed by atoms with Gasteiger partial charge in [-0.15, -0.1) is 0 Å². The van der Waals surface area contributed by atoms with Gasteiger partial charge in [0.2, 0.25) is 5.91 Å². The Balaban J connectivity index is 2.97. The van der Waals surface area contributed by atoms with E-state index in [4.69, 9.17) is 5.73 Å². The van der Waals surface area contributed by atoms with Crippen LogP contribution in [0.5, 0.6) is 0 Å². The first kappa shape index (κ1) is 16.0. The highest BCUT2D eigenvalue weighted by molar-refractivity contribution is 9.10. The van der Waals surface area contributed by atoms with E-state index >= 15 is 0 Å². The Morgan fingerprint density at radius 1 is 1.32 bits per heavy atom. The molecule has 0 saturated heterocycles. The van der Waals surface area contributed by atoms with E-state index in [2.05, 4.69) is 21.2 Å². The number of hydrogen-bond acceptors (Lipinski definition) is 2. The second-order valence-electron chi connectivity index (χ2n) is 4.49. The molecule has 0 aliphatic heterocycles. The summed E-state index contributed by atoms with van der Waals surface area (Å²) in [5.41, 5.74) is 4.84. The minimum Gasteiger partial charge on any atom is -0.325 e. The molecule has 0 fully saturated rings. The molecular weight excluding hydrogens is 325 g/mol. The summed E-state index contributed by atoms with van der Waals surface area (Å²) in [5, 5.41) is 2.38. The largest absolute Gasteiger partial charge is 0.416 e. The van der Waals surface area contributed by atoms with E-state index in [1.807, 2.05) is 0 Å². The third-order valence-corrected chi connectivity index (χ3v) is 2.97. The molecule has 7 heteroatoms. The standard InChI is InChI=1S/C12H14BrF3N2O/c1-6(2)10(17)11(19)18-9-4-7(12(14,15)16)3-8(13)5-9/h3-6,10H,17H2,1-2H3,(H,18,19)/t10-/m0/s1. The van der Waals surface area contributed by atoms with Crippen molar-refractivity contribution in [3.63, 3.8) is 0 Å². The fourth-order valence-electron chi connectivity index (χ4n) is 1.35. The van der Waals surface area contributed by atoms with Crippen LogP contribution in [0.2, 0.25) is 0 Å². The lowest BCUT2D eigenvalue weighted by molar-refractivity contribution is -0.137. The summed E-state index contributed by atoms with van der Waals surface area (Å²) in [7, 11) is 0. The van der Waals surface area contributed by atoms with Crippen LogP contribution in [0.15, 0.2) is 22.7 Å². The van der Waals surface area contributed by atoms with Crippen LogP contribution in [-0.4, -0.2) is 11.9 Å². The van der Waals surface area contributed by atoms with Crippen molar-refractivity contribution >= 4 is 27.5 Å². The molecule has 3 N–H and O–H groups in total. The maximum atomic E-state index is 12.6. The Morgan fingerprint density at radius 3 is 2.37 bits per heavy atom. The maximum Gasteiger partial charge on any atom is 0.416 e. The molecule has 0 heterocycles. The SMILES string of the molecule is CC(C)[C@H](N)C(=O)Nc1cc(Br)cc(C(F)(F)F)c1. The van der Waals surface area contributed by atoms with Crippen molar-refractivity contribution < 1.29 is 18.0 Å². The summed E-state index contributed by atoms with van der Waals surface area (Å²) >= 11 is 2.98. The first-order valence-corrected chi connectivity index (χ1v) is 6.35. The molecule has 0 aromatic heterocycles. The van der Waals surface area contributed by atoms with Crippen LogP contribution in [0.4, 0.5) is 18.9 Å². The van der Waals surface area contributed by atoms with E-state index in [0.717, 1.165) is 12.1 Å². The van der Waals surface area contributed by atoms with Gasteiger partial charge >= 0.3 is 6.18 Å². The van der Waals surface area contributed by atoms with Gasteiger partial charge in [-0.1, -0.05) is 29.8 Å². The Bertz CT molecular complexity index is 475. The van der Waals surface area contributed by atoms with Gasteiger partial charge in [0.25, 0.3) is 0 Å². The number of nitrogens with one attached hydrogen (secondary N) is 1. The van der Waals surface area contributed by atoms with Gasteiger partial charge in [-0.3, -0.25) is 4.79 Å².